The van der Waals surface area contributed by atoms with Gasteiger partial charge in [0.15, 0.2) is 0 Å². The molecule has 1 fully saturated rings. The lowest BCUT2D eigenvalue weighted by molar-refractivity contribution is 0.161. The lowest BCUT2D eigenvalue weighted by atomic mass is 9.97. The monoisotopic (exact) mass is 336 g/mol. The predicted octanol–water partition coefficient (Wildman–Crippen LogP) is 3.76. The van der Waals surface area contributed by atoms with E-state index in [1.54, 1.807) is 5.56 Å². The number of nitrogens with zero attached hydrogens (tertiary/aromatic N) is 1. The van der Waals surface area contributed by atoms with Crippen molar-refractivity contribution < 1.29 is 0 Å². The van der Waals surface area contributed by atoms with E-state index in [1.807, 2.05) is 0 Å². The SMILES string of the molecule is CCN(CC1CCCNC1)C1CCc2c(Br)cccc21. The molecule has 1 aliphatic heterocycles. The quantitative estimate of drug-likeness (QED) is 0.900. The molecule has 20 heavy (non-hydrogen) atoms. The number of fused-ring (bicyclic) bond motifs is 1. The van der Waals surface area contributed by atoms with Crippen molar-refractivity contribution >= 4 is 15.9 Å². The Balaban J connectivity index is 1.73. The summed E-state index contributed by atoms with van der Waals surface area (Å²) < 4.78 is 1.30. The minimum atomic E-state index is 0.634. The van der Waals surface area contributed by atoms with E-state index in [-0.39, 0.29) is 0 Å². The van der Waals surface area contributed by atoms with Crippen molar-refractivity contribution in [3.63, 3.8) is 0 Å². The second-order valence-electron chi connectivity index (χ2n) is 6.16. The molecule has 0 radical (unpaired) electrons. The van der Waals surface area contributed by atoms with E-state index in [9.17, 15) is 0 Å². The largest absolute Gasteiger partial charge is 0.316 e. The zero-order chi connectivity index (χ0) is 13.9. The summed E-state index contributed by atoms with van der Waals surface area (Å²) in [6.07, 6.45) is 5.24. The number of hydrogen-bond donors (Lipinski definition) is 1. The molecule has 0 bridgehead atoms. The van der Waals surface area contributed by atoms with Crippen LogP contribution in [0.4, 0.5) is 0 Å². The van der Waals surface area contributed by atoms with Crippen LogP contribution in [0.3, 0.4) is 0 Å². The molecule has 3 heteroatoms. The topological polar surface area (TPSA) is 15.3 Å². The third kappa shape index (κ3) is 2.95. The molecular weight excluding hydrogens is 312 g/mol. The molecule has 1 aromatic carbocycles. The summed E-state index contributed by atoms with van der Waals surface area (Å²) >= 11 is 3.72. The van der Waals surface area contributed by atoms with E-state index >= 15 is 0 Å². The Morgan fingerprint density at radius 2 is 2.25 bits per heavy atom. The van der Waals surface area contributed by atoms with Crippen molar-refractivity contribution in [2.75, 3.05) is 26.2 Å². The van der Waals surface area contributed by atoms with Crippen LogP contribution in [0.25, 0.3) is 0 Å². The Morgan fingerprint density at radius 1 is 1.35 bits per heavy atom. The molecule has 2 atom stereocenters. The fraction of sp³-hybridized carbons (Fsp3) is 0.647. The van der Waals surface area contributed by atoms with Gasteiger partial charge in [-0.1, -0.05) is 35.0 Å². The molecule has 0 amide bonds. The van der Waals surface area contributed by atoms with Crippen molar-refractivity contribution in [3.8, 4) is 0 Å². The average Bonchev–Trinajstić information content (AvgIpc) is 2.91. The van der Waals surface area contributed by atoms with Gasteiger partial charge in [-0.2, -0.15) is 0 Å². The van der Waals surface area contributed by atoms with Crippen LogP contribution >= 0.6 is 15.9 Å². The Morgan fingerprint density at radius 3 is 3.00 bits per heavy atom. The van der Waals surface area contributed by atoms with Crippen LogP contribution in [0.2, 0.25) is 0 Å². The fourth-order valence-corrected chi connectivity index (χ4v) is 4.44. The van der Waals surface area contributed by atoms with Gasteiger partial charge in [-0.15, -0.1) is 0 Å². The van der Waals surface area contributed by atoms with Crippen LogP contribution < -0.4 is 5.32 Å². The third-order valence-electron chi connectivity index (χ3n) is 4.92. The molecule has 2 nitrogen and oxygen atoms in total. The van der Waals surface area contributed by atoms with Gasteiger partial charge in [-0.3, -0.25) is 4.90 Å². The molecule has 2 aliphatic rings. The molecule has 1 aliphatic carbocycles. The summed E-state index contributed by atoms with van der Waals surface area (Å²) in [7, 11) is 0. The minimum absolute atomic E-state index is 0.634. The van der Waals surface area contributed by atoms with Crippen molar-refractivity contribution in [1.29, 1.82) is 0 Å². The highest BCUT2D eigenvalue weighted by atomic mass is 79.9. The molecule has 3 rings (SSSR count). The maximum absolute atomic E-state index is 3.72. The first-order valence-electron chi connectivity index (χ1n) is 8.01. The first kappa shape index (κ1) is 14.6. The van der Waals surface area contributed by atoms with Crippen LogP contribution in [-0.4, -0.2) is 31.1 Å². The van der Waals surface area contributed by atoms with E-state index in [2.05, 4.69) is 51.3 Å². The van der Waals surface area contributed by atoms with E-state index in [0.29, 0.717) is 6.04 Å². The van der Waals surface area contributed by atoms with Gasteiger partial charge in [0, 0.05) is 17.1 Å². The first-order chi connectivity index (χ1) is 9.79. The van der Waals surface area contributed by atoms with Crippen molar-refractivity contribution in [2.24, 2.45) is 5.92 Å². The molecule has 2 unspecified atom stereocenters. The number of nitrogens with one attached hydrogen (secondary N) is 1. The highest BCUT2D eigenvalue weighted by molar-refractivity contribution is 9.10. The molecule has 0 aromatic heterocycles. The lowest BCUT2D eigenvalue weighted by Gasteiger charge is -2.33. The highest BCUT2D eigenvalue weighted by Crippen LogP contribution is 2.39. The number of hydrogen-bond acceptors (Lipinski definition) is 2. The first-order valence-corrected chi connectivity index (χ1v) is 8.81. The van der Waals surface area contributed by atoms with Gasteiger partial charge in [-0.05, 0) is 68.4 Å². The van der Waals surface area contributed by atoms with E-state index in [0.717, 1.165) is 12.5 Å². The molecular formula is C17H25BrN2. The van der Waals surface area contributed by atoms with E-state index in [1.165, 1.54) is 55.4 Å². The Labute approximate surface area is 131 Å². The molecule has 1 heterocycles. The molecule has 0 spiro atoms. The van der Waals surface area contributed by atoms with Crippen LogP contribution in [0.1, 0.15) is 43.4 Å². The fourth-order valence-electron chi connectivity index (χ4n) is 3.86. The number of benzene rings is 1. The average molecular weight is 337 g/mol. The summed E-state index contributed by atoms with van der Waals surface area (Å²) in [6, 6.07) is 7.34. The molecule has 1 saturated heterocycles. The number of rotatable bonds is 4. The molecule has 1 aromatic rings. The van der Waals surface area contributed by atoms with Gasteiger partial charge in [0.25, 0.3) is 0 Å². The van der Waals surface area contributed by atoms with Crippen molar-refractivity contribution in [2.45, 2.75) is 38.6 Å². The van der Waals surface area contributed by atoms with Crippen molar-refractivity contribution in [1.82, 2.24) is 10.2 Å². The summed E-state index contributed by atoms with van der Waals surface area (Å²) in [4.78, 5) is 2.70. The lowest BCUT2D eigenvalue weighted by Crippen LogP contribution is -2.39. The highest BCUT2D eigenvalue weighted by Gasteiger charge is 2.29. The zero-order valence-corrected chi connectivity index (χ0v) is 14.0. The van der Waals surface area contributed by atoms with E-state index in [4.69, 9.17) is 0 Å². The summed E-state index contributed by atoms with van der Waals surface area (Å²) in [5.74, 6) is 0.833. The van der Waals surface area contributed by atoms with E-state index < -0.39 is 0 Å². The third-order valence-corrected chi connectivity index (χ3v) is 5.66. The van der Waals surface area contributed by atoms with Gasteiger partial charge < -0.3 is 5.32 Å². The van der Waals surface area contributed by atoms with Crippen LogP contribution in [-0.2, 0) is 6.42 Å². The van der Waals surface area contributed by atoms with Crippen molar-refractivity contribution in [3.05, 3.63) is 33.8 Å². The van der Waals surface area contributed by atoms with Gasteiger partial charge in [0.2, 0.25) is 0 Å². The second-order valence-corrected chi connectivity index (χ2v) is 7.02. The van der Waals surface area contributed by atoms with Gasteiger partial charge in [0.1, 0.15) is 0 Å². The standard InChI is InChI=1S/C17H25BrN2/c1-2-20(12-13-5-4-10-19-11-13)17-9-8-14-15(17)6-3-7-16(14)18/h3,6-7,13,17,19H,2,4-5,8-12H2,1H3. The number of halogens is 1. The minimum Gasteiger partial charge on any atom is -0.316 e. The maximum atomic E-state index is 3.72. The van der Waals surface area contributed by atoms with Gasteiger partial charge >= 0.3 is 0 Å². The van der Waals surface area contributed by atoms with Crippen LogP contribution in [0.15, 0.2) is 22.7 Å². The van der Waals surface area contributed by atoms with Crippen LogP contribution in [0, 0.1) is 5.92 Å². The van der Waals surface area contributed by atoms with Gasteiger partial charge in [0.05, 0.1) is 0 Å². The Hall–Kier alpha value is -0.380. The second kappa shape index (κ2) is 6.59. The summed E-state index contributed by atoms with van der Waals surface area (Å²) in [5, 5.41) is 3.55. The zero-order valence-electron chi connectivity index (χ0n) is 12.4. The molecule has 1 N–H and O–H groups in total. The summed E-state index contributed by atoms with van der Waals surface area (Å²) in [5.41, 5.74) is 3.10. The smallest absolute Gasteiger partial charge is 0.0354 e. The Bertz CT molecular complexity index is 454. The summed E-state index contributed by atoms with van der Waals surface area (Å²) in [6.45, 7) is 7.13. The van der Waals surface area contributed by atoms with Crippen LogP contribution in [0.5, 0.6) is 0 Å². The van der Waals surface area contributed by atoms with Gasteiger partial charge in [-0.25, -0.2) is 0 Å². The Kier molecular flexibility index (Phi) is 4.79. The maximum Gasteiger partial charge on any atom is 0.0354 e. The molecule has 110 valence electrons. The predicted molar refractivity (Wildman–Crippen MR) is 88.0 cm³/mol. The molecule has 0 saturated carbocycles. The number of piperidine rings is 1. The normalized spacial score (nSPS) is 25.9.